The van der Waals surface area contributed by atoms with Crippen LogP contribution in [0.2, 0.25) is 0 Å². The van der Waals surface area contributed by atoms with Gasteiger partial charge in [0.25, 0.3) is 5.91 Å². The van der Waals surface area contributed by atoms with Crippen molar-refractivity contribution in [3.05, 3.63) is 29.6 Å². The number of hydrogen-bond donors (Lipinski definition) is 2. The summed E-state index contributed by atoms with van der Waals surface area (Å²) in [6.07, 6.45) is 1.65. The fourth-order valence-corrected chi connectivity index (χ4v) is 1.08. The third kappa shape index (κ3) is 3.87. The van der Waals surface area contributed by atoms with Crippen LogP contribution in [0.3, 0.4) is 0 Å². The van der Waals surface area contributed by atoms with Gasteiger partial charge in [-0.25, -0.2) is 14.8 Å². The SMILES string of the molecule is Cc1cc(C)nc(NC(=O)C=CC(=O)O)n1. The number of hydrogen-bond acceptors (Lipinski definition) is 4. The van der Waals surface area contributed by atoms with Gasteiger partial charge in [-0.2, -0.15) is 0 Å². The second-order valence-electron chi connectivity index (χ2n) is 3.14. The molecule has 0 aliphatic carbocycles. The lowest BCUT2D eigenvalue weighted by Gasteiger charge is -2.02. The molecule has 0 radical (unpaired) electrons. The van der Waals surface area contributed by atoms with E-state index in [0.29, 0.717) is 0 Å². The Morgan fingerprint density at radius 2 is 1.81 bits per heavy atom. The molecule has 1 rings (SSSR count). The minimum Gasteiger partial charge on any atom is -0.478 e. The highest BCUT2D eigenvalue weighted by atomic mass is 16.4. The van der Waals surface area contributed by atoms with Gasteiger partial charge in [0.2, 0.25) is 5.95 Å². The van der Waals surface area contributed by atoms with Gasteiger partial charge in [-0.1, -0.05) is 0 Å². The van der Waals surface area contributed by atoms with Crippen LogP contribution in [-0.4, -0.2) is 27.0 Å². The van der Waals surface area contributed by atoms with Crippen LogP contribution >= 0.6 is 0 Å². The van der Waals surface area contributed by atoms with E-state index in [-0.39, 0.29) is 5.95 Å². The van der Waals surface area contributed by atoms with Crippen molar-refractivity contribution in [2.75, 3.05) is 5.32 Å². The quantitative estimate of drug-likeness (QED) is 0.732. The predicted molar refractivity (Wildman–Crippen MR) is 56.9 cm³/mol. The molecule has 0 spiro atoms. The fraction of sp³-hybridized carbons (Fsp3) is 0.200. The molecular formula is C10H11N3O3. The van der Waals surface area contributed by atoms with Crippen LogP contribution in [0.5, 0.6) is 0 Å². The number of nitrogens with one attached hydrogen (secondary N) is 1. The number of carbonyl (C=O) groups excluding carboxylic acids is 1. The van der Waals surface area contributed by atoms with E-state index >= 15 is 0 Å². The summed E-state index contributed by atoms with van der Waals surface area (Å²) in [5.41, 5.74) is 1.45. The van der Waals surface area contributed by atoms with Crippen molar-refractivity contribution in [2.24, 2.45) is 0 Å². The van der Waals surface area contributed by atoms with Crippen molar-refractivity contribution in [1.29, 1.82) is 0 Å². The van der Waals surface area contributed by atoms with Crippen LogP contribution in [0.4, 0.5) is 5.95 Å². The average Bonchev–Trinajstić information content (AvgIpc) is 2.12. The Hall–Kier alpha value is -2.24. The highest BCUT2D eigenvalue weighted by Crippen LogP contribution is 2.03. The Morgan fingerprint density at radius 1 is 1.25 bits per heavy atom. The number of anilines is 1. The summed E-state index contributed by atoms with van der Waals surface area (Å²) in [6, 6.07) is 1.77. The standard InChI is InChI=1S/C10H11N3O3/c1-6-5-7(2)12-10(11-6)13-8(14)3-4-9(15)16/h3-5H,1-2H3,(H,15,16)(H,11,12,13,14). The summed E-state index contributed by atoms with van der Waals surface area (Å²) in [5, 5.41) is 10.7. The molecule has 16 heavy (non-hydrogen) atoms. The first-order chi connectivity index (χ1) is 7.47. The van der Waals surface area contributed by atoms with E-state index in [0.717, 1.165) is 23.5 Å². The number of aliphatic carboxylic acids is 1. The Kier molecular flexibility index (Phi) is 3.71. The number of nitrogens with zero attached hydrogens (tertiary/aromatic N) is 2. The first kappa shape index (κ1) is 11.8. The first-order valence-corrected chi connectivity index (χ1v) is 4.51. The van der Waals surface area contributed by atoms with E-state index in [1.807, 2.05) is 0 Å². The van der Waals surface area contributed by atoms with E-state index in [4.69, 9.17) is 5.11 Å². The van der Waals surface area contributed by atoms with Crippen molar-refractivity contribution >= 4 is 17.8 Å². The largest absolute Gasteiger partial charge is 0.478 e. The number of aryl methyl sites for hydroxylation is 2. The maximum atomic E-state index is 11.2. The van der Waals surface area contributed by atoms with Crippen LogP contribution in [0, 0.1) is 13.8 Å². The lowest BCUT2D eigenvalue weighted by molar-refractivity contribution is -0.131. The van der Waals surface area contributed by atoms with Crippen molar-refractivity contribution in [3.8, 4) is 0 Å². The maximum Gasteiger partial charge on any atom is 0.328 e. The molecule has 0 bridgehead atoms. The Labute approximate surface area is 92.0 Å². The molecule has 1 heterocycles. The van der Waals surface area contributed by atoms with Crippen LogP contribution in [-0.2, 0) is 9.59 Å². The zero-order chi connectivity index (χ0) is 12.1. The minimum absolute atomic E-state index is 0.164. The van der Waals surface area contributed by atoms with E-state index in [1.54, 1.807) is 19.9 Å². The van der Waals surface area contributed by atoms with Crippen molar-refractivity contribution in [1.82, 2.24) is 9.97 Å². The molecule has 0 aromatic carbocycles. The minimum atomic E-state index is -1.18. The van der Waals surface area contributed by atoms with Gasteiger partial charge >= 0.3 is 5.97 Å². The van der Waals surface area contributed by atoms with E-state index in [2.05, 4.69) is 15.3 Å². The third-order valence-corrected chi connectivity index (χ3v) is 1.59. The van der Waals surface area contributed by atoms with Gasteiger partial charge in [0.05, 0.1) is 0 Å². The van der Waals surface area contributed by atoms with Gasteiger partial charge in [-0.15, -0.1) is 0 Å². The Morgan fingerprint density at radius 3 is 2.31 bits per heavy atom. The number of carbonyl (C=O) groups is 2. The van der Waals surface area contributed by atoms with Crippen LogP contribution in [0.15, 0.2) is 18.2 Å². The summed E-state index contributed by atoms with van der Waals surface area (Å²) < 4.78 is 0. The molecule has 0 unspecified atom stereocenters. The van der Waals surface area contributed by atoms with Crippen LogP contribution in [0.25, 0.3) is 0 Å². The molecule has 0 aliphatic rings. The molecule has 1 amide bonds. The van der Waals surface area contributed by atoms with Crippen LogP contribution < -0.4 is 5.32 Å². The number of amides is 1. The van der Waals surface area contributed by atoms with Gasteiger partial charge in [0, 0.05) is 23.5 Å². The van der Waals surface area contributed by atoms with Gasteiger partial charge in [-0.3, -0.25) is 10.1 Å². The van der Waals surface area contributed by atoms with Gasteiger partial charge in [0.15, 0.2) is 0 Å². The molecule has 84 valence electrons. The van der Waals surface area contributed by atoms with Crippen molar-refractivity contribution in [3.63, 3.8) is 0 Å². The molecule has 1 aromatic rings. The molecule has 0 atom stereocenters. The smallest absolute Gasteiger partial charge is 0.328 e. The number of aromatic nitrogens is 2. The zero-order valence-corrected chi connectivity index (χ0v) is 8.89. The monoisotopic (exact) mass is 221 g/mol. The van der Waals surface area contributed by atoms with Crippen LogP contribution in [0.1, 0.15) is 11.4 Å². The Balaban J connectivity index is 2.73. The molecule has 6 heteroatoms. The second kappa shape index (κ2) is 5.01. The normalized spacial score (nSPS) is 10.4. The predicted octanol–water partition coefficient (Wildman–Crippen LogP) is 0.673. The lowest BCUT2D eigenvalue weighted by Crippen LogP contribution is -2.12. The second-order valence-corrected chi connectivity index (χ2v) is 3.14. The van der Waals surface area contributed by atoms with Crippen molar-refractivity contribution < 1.29 is 14.7 Å². The molecular weight excluding hydrogens is 210 g/mol. The highest BCUT2D eigenvalue weighted by Gasteiger charge is 2.02. The summed E-state index contributed by atoms with van der Waals surface area (Å²) in [6.45, 7) is 3.55. The third-order valence-electron chi connectivity index (χ3n) is 1.59. The molecule has 0 saturated heterocycles. The number of carboxylic acids is 1. The molecule has 2 N–H and O–H groups in total. The fourth-order valence-electron chi connectivity index (χ4n) is 1.08. The molecule has 6 nitrogen and oxygen atoms in total. The lowest BCUT2D eigenvalue weighted by atomic mass is 10.3. The summed E-state index contributed by atoms with van der Waals surface area (Å²) >= 11 is 0. The number of carboxylic acid groups (broad SMARTS) is 1. The van der Waals surface area contributed by atoms with E-state index < -0.39 is 11.9 Å². The van der Waals surface area contributed by atoms with Crippen molar-refractivity contribution in [2.45, 2.75) is 13.8 Å². The first-order valence-electron chi connectivity index (χ1n) is 4.51. The number of rotatable bonds is 3. The summed E-state index contributed by atoms with van der Waals surface area (Å²) in [7, 11) is 0. The van der Waals surface area contributed by atoms with Gasteiger partial charge in [-0.05, 0) is 19.9 Å². The molecule has 0 aliphatic heterocycles. The average molecular weight is 221 g/mol. The van der Waals surface area contributed by atoms with E-state index in [1.165, 1.54) is 0 Å². The zero-order valence-electron chi connectivity index (χ0n) is 8.89. The molecule has 0 fully saturated rings. The molecule has 1 aromatic heterocycles. The topological polar surface area (TPSA) is 92.2 Å². The van der Waals surface area contributed by atoms with Gasteiger partial charge in [0.1, 0.15) is 0 Å². The van der Waals surface area contributed by atoms with E-state index in [9.17, 15) is 9.59 Å². The molecule has 0 saturated carbocycles. The Bertz CT molecular complexity index is 434. The summed E-state index contributed by atoms with van der Waals surface area (Å²) in [4.78, 5) is 29.3. The summed E-state index contributed by atoms with van der Waals surface area (Å²) in [5.74, 6) is -1.60. The van der Waals surface area contributed by atoms with Gasteiger partial charge < -0.3 is 5.11 Å². The maximum absolute atomic E-state index is 11.2. The highest BCUT2D eigenvalue weighted by molar-refractivity contribution is 6.01.